The van der Waals surface area contributed by atoms with Gasteiger partial charge < -0.3 is 30.1 Å². The van der Waals surface area contributed by atoms with Gasteiger partial charge in [0.05, 0.1) is 13.2 Å². The summed E-state index contributed by atoms with van der Waals surface area (Å²) in [6.07, 6.45) is 0.140. The summed E-state index contributed by atoms with van der Waals surface area (Å²) < 4.78 is 10.8. The van der Waals surface area contributed by atoms with E-state index in [-0.39, 0.29) is 44.5 Å². The summed E-state index contributed by atoms with van der Waals surface area (Å²) in [6.45, 7) is 4.47. The van der Waals surface area contributed by atoms with Gasteiger partial charge in [-0.05, 0) is 27.8 Å². The number of hydrogen-bond donors (Lipinski definition) is 3. The molecule has 3 N–H and O–H groups in total. The van der Waals surface area contributed by atoms with E-state index in [9.17, 15) is 24.3 Å². The third kappa shape index (κ3) is 9.59. The highest BCUT2D eigenvalue weighted by atomic mass is 16.5. The number of amides is 3. The van der Waals surface area contributed by atoms with E-state index in [0.717, 1.165) is 21.9 Å². The number of nitrogens with one attached hydrogen (secondary N) is 2. The third-order valence-electron chi connectivity index (χ3n) is 6.47. The highest BCUT2D eigenvalue weighted by Crippen LogP contribution is 2.21. The number of rotatable bonds is 14. The Bertz CT molecular complexity index is 1340. The van der Waals surface area contributed by atoms with Crippen molar-refractivity contribution in [2.45, 2.75) is 45.9 Å². The molecule has 3 amide bonds. The second kappa shape index (κ2) is 16.1. The van der Waals surface area contributed by atoms with Crippen molar-refractivity contribution in [2.75, 3.05) is 26.3 Å². The Balaban J connectivity index is 1.83. The highest BCUT2D eigenvalue weighted by Gasteiger charge is 2.34. The van der Waals surface area contributed by atoms with Crippen LogP contribution in [0.5, 0.6) is 0 Å². The molecule has 3 aromatic carbocycles. The molecule has 0 aliphatic rings. The molecule has 10 nitrogen and oxygen atoms in total. The van der Waals surface area contributed by atoms with Gasteiger partial charge in [-0.2, -0.15) is 0 Å². The average Bonchev–Trinajstić information content (AvgIpc) is 2.98. The van der Waals surface area contributed by atoms with E-state index in [2.05, 4.69) is 10.6 Å². The fourth-order valence-corrected chi connectivity index (χ4v) is 4.47. The lowest BCUT2D eigenvalue weighted by atomic mass is 9.98. The topological polar surface area (TPSA) is 134 Å². The van der Waals surface area contributed by atoms with Gasteiger partial charge in [0.15, 0.2) is 6.04 Å². The van der Waals surface area contributed by atoms with Gasteiger partial charge in [0.25, 0.3) is 0 Å². The summed E-state index contributed by atoms with van der Waals surface area (Å²) in [5, 5.41) is 17.3. The Morgan fingerprint density at radius 3 is 2.26 bits per heavy atom. The number of aliphatic hydroxyl groups is 1. The van der Waals surface area contributed by atoms with Gasteiger partial charge in [0, 0.05) is 19.9 Å². The molecule has 3 aromatic rings. The van der Waals surface area contributed by atoms with Crippen molar-refractivity contribution >= 4 is 34.6 Å². The SMILES string of the molecule is CC(=O)NCCOC(=O)[C@H](CO)N(CC(C)C)C(=O)N[C@@H](Cc1cccc2ccccc12)C(=O)OCc1ccccc1. The number of carbonyl (C=O) groups is 4. The van der Waals surface area contributed by atoms with Crippen LogP contribution in [0.4, 0.5) is 4.79 Å². The van der Waals surface area contributed by atoms with Gasteiger partial charge in [0.2, 0.25) is 5.91 Å². The van der Waals surface area contributed by atoms with Crippen LogP contribution in [0.2, 0.25) is 0 Å². The number of aliphatic hydroxyl groups excluding tert-OH is 1. The molecular formula is C32H39N3O7. The van der Waals surface area contributed by atoms with Crippen LogP contribution in [0.15, 0.2) is 72.8 Å². The first kappa shape index (κ1) is 32.1. The molecule has 0 aliphatic carbocycles. The van der Waals surface area contributed by atoms with Gasteiger partial charge in [-0.15, -0.1) is 0 Å². The minimum Gasteiger partial charge on any atom is -0.462 e. The normalized spacial score (nSPS) is 12.3. The van der Waals surface area contributed by atoms with Crippen molar-refractivity contribution in [2.24, 2.45) is 5.92 Å². The summed E-state index contributed by atoms with van der Waals surface area (Å²) in [6, 6.07) is 19.6. The van der Waals surface area contributed by atoms with Gasteiger partial charge in [-0.3, -0.25) is 4.79 Å². The summed E-state index contributed by atoms with van der Waals surface area (Å²) in [4.78, 5) is 52.2. The fourth-order valence-electron chi connectivity index (χ4n) is 4.47. The van der Waals surface area contributed by atoms with E-state index in [0.29, 0.717) is 0 Å². The van der Waals surface area contributed by atoms with Crippen molar-refractivity contribution in [1.82, 2.24) is 15.5 Å². The number of nitrogens with zero attached hydrogens (tertiary/aromatic N) is 1. The summed E-state index contributed by atoms with van der Waals surface area (Å²) >= 11 is 0. The lowest BCUT2D eigenvalue weighted by Gasteiger charge is -2.32. The average molecular weight is 578 g/mol. The van der Waals surface area contributed by atoms with Gasteiger partial charge in [-0.1, -0.05) is 86.6 Å². The molecule has 0 spiro atoms. The number of carbonyl (C=O) groups excluding carboxylic acids is 4. The molecule has 0 saturated heterocycles. The Labute approximate surface area is 246 Å². The maximum atomic E-state index is 13.7. The van der Waals surface area contributed by atoms with Gasteiger partial charge in [0.1, 0.15) is 19.3 Å². The van der Waals surface area contributed by atoms with Crippen molar-refractivity contribution in [3.05, 3.63) is 83.9 Å². The number of benzene rings is 3. The predicted octanol–water partition coefficient (Wildman–Crippen LogP) is 3.20. The van der Waals surface area contributed by atoms with E-state index in [4.69, 9.17) is 9.47 Å². The lowest BCUT2D eigenvalue weighted by molar-refractivity contribution is -0.150. The Morgan fingerprint density at radius 2 is 1.57 bits per heavy atom. The van der Waals surface area contributed by atoms with Crippen molar-refractivity contribution in [3.8, 4) is 0 Å². The molecule has 0 bridgehead atoms. The number of hydrogen-bond acceptors (Lipinski definition) is 7. The fraction of sp³-hybridized carbons (Fsp3) is 0.375. The summed E-state index contributed by atoms with van der Waals surface area (Å²) in [7, 11) is 0. The molecule has 0 saturated carbocycles. The van der Waals surface area contributed by atoms with Crippen molar-refractivity contribution in [1.29, 1.82) is 0 Å². The second-order valence-corrected chi connectivity index (χ2v) is 10.3. The summed E-state index contributed by atoms with van der Waals surface area (Å²) in [5.74, 6) is -1.81. The standard InChI is InChI=1S/C32H39N3O7/c1-22(2)19-35(29(20-36)31(39)41-17-16-33-23(3)37)32(40)34-28(30(38)42-21-24-10-5-4-6-11-24)18-26-14-9-13-25-12-7-8-15-27(25)26/h4-15,22,28-29,36H,16-21H2,1-3H3,(H,33,37)(H,34,40)/t28-,29-/m0/s1. The zero-order chi connectivity index (χ0) is 30.5. The number of fused-ring (bicyclic) bond motifs is 1. The van der Waals surface area contributed by atoms with E-state index in [1.165, 1.54) is 11.8 Å². The van der Waals surface area contributed by atoms with Crippen LogP contribution in [-0.4, -0.2) is 72.3 Å². The molecule has 3 rings (SSSR count). The minimum atomic E-state index is -1.32. The minimum absolute atomic E-state index is 0.0250. The molecule has 0 fully saturated rings. The molecule has 0 unspecified atom stereocenters. The Hall–Kier alpha value is -4.44. The van der Waals surface area contributed by atoms with Crippen LogP contribution < -0.4 is 10.6 Å². The molecule has 0 heterocycles. The van der Waals surface area contributed by atoms with Crippen LogP contribution in [0.3, 0.4) is 0 Å². The predicted molar refractivity (Wildman–Crippen MR) is 158 cm³/mol. The summed E-state index contributed by atoms with van der Waals surface area (Å²) in [5.41, 5.74) is 1.63. The maximum absolute atomic E-state index is 13.7. The molecule has 0 aliphatic heterocycles. The monoisotopic (exact) mass is 577 g/mol. The van der Waals surface area contributed by atoms with E-state index >= 15 is 0 Å². The second-order valence-electron chi connectivity index (χ2n) is 10.3. The number of urea groups is 1. The molecular weight excluding hydrogens is 538 g/mol. The molecule has 10 heteroatoms. The van der Waals surface area contributed by atoms with Gasteiger partial charge >= 0.3 is 18.0 Å². The van der Waals surface area contributed by atoms with Crippen LogP contribution in [0, 0.1) is 5.92 Å². The van der Waals surface area contributed by atoms with Crippen LogP contribution >= 0.6 is 0 Å². The largest absolute Gasteiger partial charge is 0.462 e. The Kier molecular flexibility index (Phi) is 12.3. The zero-order valence-corrected chi connectivity index (χ0v) is 24.2. The first-order valence-corrected chi connectivity index (χ1v) is 14.0. The molecule has 0 aromatic heterocycles. The first-order valence-electron chi connectivity index (χ1n) is 14.0. The lowest BCUT2D eigenvalue weighted by Crippen LogP contribution is -2.56. The highest BCUT2D eigenvalue weighted by molar-refractivity contribution is 5.89. The number of ether oxygens (including phenoxy) is 2. The van der Waals surface area contributed by atoms with Crippen LogP contribution in [0.1, 0.15) is 31.9 Å². The van der Waals surface area contributed by atoms with Crippen LogP contribution in [0.25, 0.3) is 10.8 Å². The first-order chi connectivity index (χ1) is 20.2. The molecule has 42 heavy (non-hydrogen) atoms. The third-order valence-corrected chi connectivity index (χ3v) is 6.47. The zero-order valence-electron chi connectivity index (χ0n) is 24.2. The molecule has 2 atom stereocenters. The van der Waals surface area contributed by atoms with E-state index in [1.54, 1.807) is 0 Å². The number of esters is 2. The molecule has 0 radical (unpaired) electrons. The van der Waals surface area contributed by atoms with Crippen molar-refractivity contribution in [3.63, 3.8) is 0 Å². The quantitative estimate of drug-likeness (QED) is 0.198. The van der Waals surface area contributed by atoms with E-state index in [1.807, 2.05) is 86.6 Å². The van der Waals surface area contributed by atoms with Crippen molar-refractivity contribution < 1.29 is 33.8 Å². The van der Waals surface area contributed by atoms with E-state index < -0.39 is 36.7 Å². The van der Waals surface area contributed by atoms with Gasteiger partial charge in [-0.25, -0.2) is 14.4 Å². The smallest absolute Gasteiger partial charge is 0.331 e. The maximum Gasteiger partial charge on any atom is 0.331 e. The van der Waals surface area contributed by atoms with Crippen LogP contribution in [-0.2, 0) is 36.9 Å². The Morgan fingerprint density at radius 1 is 0.881 bits per heavy atom. The molecule has 224 valence electrons.